The number of amides is 2. The maximum absolute atomic E-state index is 13.7. The summed E-state index contributed by atoms with van der Waals surface area (Å²) >= 11 is 0. The number of halogens is 1. The number of methoxy groups -OCH3 is 1. The lowest BCUT2D eigenvalue weighted by Gasteiger charge is -2.31. The van der Waals surface area contributed by atoms with Crippen LogP contribution in [0, 0.1) is 18.7 Å². The minimum Gasteiger partial charge on any atom is -0.494 e. The number of rotatable bonds is 9. The molecule has 1 saturated carbocycles. The zero-order chi connectivity index (χ0) is 31.4. The molecule has 1 fully saturated rings. The van der Waals surface area contributed by atoms with Gasteiger partial charge in [0.2, 0.25) is 0 Å². The van der Waals surface area contributed by atoms with Gasteiger partial charge in [-0.05, 0) is 83.1 Å². The molecule has 13 nitrogen and oxygen atoms in total. The second kappa shape index (κ2) is 13.2. The molecule has 1 aliphatic carbocycles. The second-order valence-electron chi connectivity index (χ2n) is 11.6. The first-order valence-electron chi connectivity index (χ1n) is 13.9. The first-order chi connectivity index (χ1) is 20.2. The molecule has 0 bridgehead atoms. The molecule has 0 unspecified atom stereocenters. The lowest BCUT2D eigenvalue weighted by atomic mass is 9.81. The topological polar surface area (TPSA) is 170 Å². The molecule has 1 aromatic carbocycles. The van der Waals surface area contributed by atoms with Gasteiger partial charge < -0.3 is 19.6 Å². The van der Waals surface area contributed by atoms with Crippen LogP contribution in [0.5, 0.6) is 5.75 Å². The molecular formula is C28H37FN6O7S. The Hall–Kier alpha value is -3.85. The zero-order valence-corrected chi connectivity index (χ0v) is 25.6. The third-order valence-electron chi connectivity index (χ3n) is 6.96. The lowest BCUT2D eigenvalue weighted by Crippen LogP contribution is -2.47. The van der Waals surface area contributed by atoms with Crippen molar-refractivity contribution < 1.29 is 36.7 Å². The molecule has 43 heavy (non-hydrogen) atoms. The summed E-state index contributed by atoms with van der Waals surface area (Å²) in [5.74, 6) is -0.292. The van der Waals surface area contributed by atoms with Crippen molar-refractivity contribution in [3.8, 4) is 5.75 Å². The highest BCUT2D eigenvalue weighted by Gasteiger charge is 2.35. The number of hydrogen-bond acceptors (Lipinski definition) is 10. The van der Waals surface area contributed by atoms with Gasteiger partial charge >= 0.3 is 16.3 Å². The molecule has 1 atom stereocenters. The van der Waals surface area contributed by atoms with Gasteiger partial charge in [0.25, 0.3) is 5.91 Å². The van der Waals surface area contributed by atoms with Crippen molar-refractivity contribution in [2.75, 3.05) is 7.11 Å². The highest BCUT2D eigenvalue weighted by atomic mass is 32.2. The average Bonchev–Trinajstić information content (AvgIpc) is 3.41. The number of nitrogens with zero attached hydrogens (tertiary/aromatic N) is 3. The number of oxime groups is 1. The van der Waals surface area contributed by atoms with Crippen molar-refractivity contribution in [2.45, 2.75) is 84.1 Å². The highest BCUT2D eigenvalue weighted by molar-refractivity contribution is 7.88. The molecule has 4 rings (SSSR count). The summed E-state index contributed by atoms with van der Waals surface area (Å²) in [5.41, 5.74) is 1.08. The molecule has 2 heterocycles. The number of nitrogens with one attached hydrogen (secondary N) is 3. The van der Waals surface area contributed by atoms with E-state index in [-0.39, 0.29) is 36.1 Å². The van der Waals surface area contributed by atoms with Crippen LogP contribution in [0.1, 0.15) is 80.4 Å². The summed E-state index contributed by atoms with van der Waals surface area (Å²) in [4.78, 5) is 39.2. The smallest absolute Gasteiger partial charge is 0.422 e. The Labute approximate surface area is 250 Å². The van der Waals surface area contributed by atoms with E-state index in [1.807, 2.05) is 4.72 Å². The molecule has 2 aliphatic rings. The van der Waals surface area contributed by atoms with E-state index >= 15 is 0 Å². The molecule has 2 aromatic rings. The molecule has 0 radical (unpaired) electrons. The SMILES string of the molecule is COc1cc(CNC(=O)c2cc(C3=NO[C@H](C4CCC(NS(=O)(=O)NC(=O)OC(C)(C)C)CC4)C3)nc(C)n2)ccc1F. The van der Waals surface area contributed by atoms with E-state index in [4.69, 9.17) is 14.3 Å². The van der Waals surface area contributed by atoms with Crippen LogP contribution in [-0.4, -0.2) is 61.0 Å². The largest absolute Gasteiger partial charge is 0.494 e. The van der Waals surface area contributed by atoms with Gasteiger partial charge in [0, 0.05) is 19.0 Å². The second-order valence-corrected chi connectivity index (χ2v) is 13.0. The van der Waals surface area contributed by atoms with Gasteiger partial charge in [-0.2, -0.15) is 13.1 Å². The van der Waals surface area contributed by atoms with Crippen LogP contribution in [0.3, 0.4) is 0 Å². The zero-order valence-electron chi connectivity index (χ0n) is 24.8. The van der Waals surface area contributed by atoms with Crippen molar-refractivity contribution >= 4 is 27.9 Å². The van der Waals surface area contributed by atoms with Crippen molar-refractivity contribution in [1.82, 2.24) is 24.7 Å². The van der Waals surface area contributed by atoms with E-state index in [1.165, 1.54) is 19.2 Å². The van der Waals surface area contributed by atoms with Gasteiger partial charge in [-0.1, -0.05) is 11.2 Å². The van der Waals surface area contributed by atoms with Crippen LogP contribution in [0.25, 0.3) is 0 Å². The average molecular weight is 621 g/mol. The van der Waals surface area contributed by atoms with Crippen molar-refractivity contribution in [2.24, 2.45) is 11.1 Å². The standard InChI is InChI=1S/C28H37FN6O7S/c1-16-31-21(13-23(32-16)26(36)30-15-17-6-11-20(29)25(12-17)40-5)22-14-24(42-33-22)18-7-9-19(10-8-18)34-43(38,39)35-27(37)41-28(2,3)4/h6,11-13,18-19,24,34H,7-10,14-15H2,1-5H3,(H,30,36)(H,35,37)/t18?,19?,24-/m0/s1. The quantitative estimate of drug-likeness (QED) is 0.381. The first kappa shape index (κ1) is 32.1. The van der Waals surface area contributed by atoms with Crippen LogP contribution >= 0.6 is 0 Å². The maximum Gasteiger partial charge on any atom is 0.422 e. The normalized spacial score (nSPS) is 20.5. The molecular weight excluding hydrogens is 583 g/mol. The number of benzene rings is 1. The summed E-state index contributed by atoms with van der Waals surface area (Å²) in [5, 5.41) is 7.01. The molecule has 2 amide bonds. The van der Waals surface area contributed by atoms with E-state index in [1.54, 1.807) is 39.8 Å². The number of ether oxygens (including phenoxy) is 2. The minimum absolute atomic E-state index is 0.0886. The van der Waals surface area contributed by atoms with Crippen LogP contribution in [-0.2, 0) is 26.3 Å². The van der Waals surface area contributed by atoms with Gasteiger partial charge in [-0.15, -0.1) is 0 Å². The lowest BCUT2D eigenvalue weighted by molar-refractivity contribution is 0.0243. The minimum atomic E-state index is -4.07. The Kier molecular flexibility index (Phi) is 9.85. The number of aryl methyl sites for hydroxylation is 1. The monoisotopic (exact) mass is 620 g/mol. The Morgan fingerprint density at radius 2 is 1.84 bits per heavy atom. The van der Waals surface area contributed by atoms with E-state index < -0.39 is 33.6 Å². The number of carbonyl (C=O) groups excluding carboxylic acids is 2. The highest BCUT2D eigenvalue weighted by Crippen LogP contribution is 2.33. The molecule has 1 aromatic heterocycles. The summed E-state index contributed by atoms with van der Waals surface area (Å²) in [7, 11) is -2.70. The predicted molar refractivity (Wildman–Crippen MR) is 154 cm³/mol. The molecule has 1 aliphatic heterocycles. The van der Waals surface area contributed by atoms with Crippen LogP contribution in [0.4, 0.5) is 9.18 Å². The van der Waals surface area contributed by atoms with Gasteiger partial charge in [-0.25, -0.2) is 23.9 Å². The third-order valence-corrected chi connectivity index (χ3v) is 8.04. The number of carbonyl (C=O) groups is 2. The van der Waals surface area contributed by atoms with E-state index in [2.05, 4.69) is 25.2 Å². The van der Waals surface area contributed by atoms with Gasteiger partial charge in [0.15, 0.2) is 11.6 Å². The fourth-order valence-corrected chi connectivity index (χ4v) is 5.98. The van der Waals surface area contributed by atoms with E-state index in [0.29, 0.717) is 54.9 Å². The fourth-order valence-electron chi connectivity index (χ4n) is 4.99. The van der Waals surface area contributed by atoms with Gasteiger partial charge in [0.05, 0.1) is 12.8 Å². The number of aromatic nitrogens is 2. The van der Waals surface area contributed by atoms with Crippen molar-refractivity contribution in [3.63, 3.8) is 0 Å². The summed E-state index contributed by atoms with van der Waals surface area (Å²) in [6.07, 6.45) is 1.74. The maximum atomic E-state index is 13.7. The van der Waals surface area contributed by atoms with Crippen molar-refractivity contribution in [3.05, 3.63) is 52.9 Å². The number of hydrogen-bond donors (Lipinski definition) is 3. The Morgan fingerprint density at radius 1 is 1.12 bits per heavy atom. The molecule has 0 spiro atoms. The molecule has 0 saturated heterocycles. The Morgan fingerprint density at radius 3 is 2.51 bits per heavy atom. The van der Waals surface area contributed by atoms with Crippen LogP contribution in [0.2, 0.25) is 0 Å². The molecule has 15 heteroatoms. The summed E-state index contributed by atoms with van der Waals surface area (Å²) < 4.78 is 52.8. The van der Waals surface area contributed by atoms with Gasteiger partial charge in [0.1, 0.15) is 28.9 Å². The fraction of sp³-hybridized carbons (Fsp3) is 0.536. The van der Waals surface area contributed by atoms with Crippen LogP contribution < -0.4 is 19.5 Å². The molecule has 3 N–H and O–H groups in total. The van der Waals surface area contributed by atoms with E-state index in [9.17, 15) is 22.4 Å². The summed E-state index contributed by atoms with van der Waals surface area (Å²) in [6.45, 7) is 6.76. The Bertz CT molecular complexity index is 1490. The van der Waals surface area contributed by atoms with Gasteiger partial charge in [-0.3, -0.25) is 4.79 Å². The Balaban J connectivity index is 1.29. The summed E-state index contributed by atoms with van der Waals surface area (Å²) in [6, 6.07) is 5.57. The third kappa shape index (κ3) is 9.07. The van der Waals surface area contributed by atoms with Crippen molar-refractivity contribution in [1.29, 1.82) is 0 Å². The van der Waals surface area contributed by atoms with Crippen LogP contribution in [0.15, 0.2) is 29.4 Å². The van der Waals surface area contributed by atoms with E-state index in [0.717, 1.165) is 0 Å². The first-order valence-corrected chi connectivity index (χ1v) is 15.4. The molecule has 234 valence electrons. The predicted octanol–water partition coefficient (Wildman–Crippen LogP) is 3.27.